The maximum Gasteiger partial charge on any atom is 0.272 e. The van der Waals surface area contributed by atoms with Gasteiger partial charge in [0.15, 0.2) is 15.5 Å². The molecule has 1 saturated carbocycles. The molecule has 1 aromatic heterocycles. The van der Waals surface area contributed by atoms with E-state index in [1.54, 1.807) is 43.1 Å². The summed E-state index contributed by atoms with van der Waals surface area (Å²) in [4.78, 5) is 27.8. The Morgan fingerprint density at radius 2 is 1.94 bits per heavy atom. The number of benzene rings is 1. The Morgan fingerprint density at radius 3 is 2.51 bits per heavy atom. The van der Waals surface area contributed by atoms with Crippen LogP contribution in [-0.2, 0) is 34.6 Å². The molecule has 0 spiro atoms. The Balaban J connectivity index is 1.30. The summed E-state index contributed by atoms with van der Waals surface area (Å²) < 4.78 is 31.4. The number of sulfone groups is 1. The highest BCUT2D eigenvalue weighted by molar-refractivity contribution is 7.94. The third-order valence-corrected chi connectivity index (χ3v) is 10.5. The van der Waals surface area contributed by atoms with Crippen LogP contribution >= 0.6 is 0 Å². The van der Waals surface area contributed by atoms with E-state index in [0.717, 1.165) is 5.56 Å². The Hall–Kier alpha value is -3.23. The van der Waals surface area contributed by atoms with Gasteiger partial charge in [0.2, 0.25) is 0 Å². The number of aromatic nitrogens is 2. The van der Waals surface area contributed by atoms with Gasteiger partial charge in [0.1, 0.15) is 10.4 Å². The van der Waals surface area contributed by atoms with E-state index in [-0.39, 0.29) is 43.8 Å². The maximum atomic E-state index is 13.4. The second-order valence-corrected chi connectivity index (χ2v) is 12.8. The molecule has 2 fully saturated rings. The number of hydrogen-bond donors (Lipinski definition) is 1. The molecule has 2 aromatic rings. The van der Waals surface area contributed by atoms with Crippen molar-refractivity contribution >= 4 is 21.7 Å². The van der Waals surface area contributed by atoms with Gasteiger partial charge in [-0.05, 0) is 43.9 Å². The first-order valence-electron chi connectivity index (χ1n) is 11.6. The Bertz CT molecular complexity index is 1350. The lowest BCUT2D eigenvalue weighted by atomic mass is 10.0. The smallest absolute Gasteiger partial charge is 0.272 e. The van der Waals surface area contributed by atoms with Crippen molar-refractivity contribution < 1.29 is 22.7 Å². The van der Waals surface area contributed by atoms with Crippen LogP contribution in [0.15, 0.2) is 24.3 Å². The molecule has 3 aliphatic rings. The van der Waals surface area contributed by atoms with Gasteiger partial charge in [0.25, 0.3) is 11.8 Å². The molecule has 5 rings (SSSR count). The molecule has 10 nitrogen and oxygen atoms in total. The zero-order valence-electron chi connectivity index (χ0n) is 19.7. The largest absolute Gasteiger partial charge is 0.378 e. The third kappa shape index (κ3) is 3.72. The number of aryl methyl sites for hydroxylation is 1. The third-order valence-electron chi connectivity index (χ3n) is 7.34. The van der Waals surface area contributed by atoms with Gasteiger partial charge in [-0.2, -0.15) is 10.4 Å². The van der Waals surface area contributed by atoms with Gasteiger partial charge < -0.3 is 15.0 Å². The summed E-state index contributed by atoms with van der Waals surface area (Å²) in [5.41, 5.74) is 2.49. The molecule has 1 aromatic carbocycles. The normalized spacial score (nSPS) is 19.9. The van der Waals surface area contributed by atoms with Gasteiger partial charge in [-0.15, -0.1) is 0 Å². The van der Waals surface area contributed by atoms with Crippen LogP contribution in [0.2, 0.25) is 0 Å². The fourth-order valence-corrected chi connectivity index (χ4v) is 7.42. The molecule has 1 saturated heterocycles. The molecule has 2 amide bonds. The molecule has 1 aliphatic carbocycles. The van der Waals surface area contributed by atoms with E-state index in [0.29, 0.717) is 42.6 Å². The molecule has 0 atom stereocenters. The number of nitriles is 1. The first-order valence-corrected chi connectivity index (χ1v) is 13.0. The molecular formula is C24H27N5O5S. The van der Waals surface area contributed by atoms with Crippen LogP contribution in [0.3, 0.4) is 0 Å². The van der Waals surface area contributed by atoms with Crippen molar-refractivity contribution in [3.8, 4) is 6.07 Å². The Kier molecular flexibility index (Phi) is 5.49. The number of ether oxygens (including phenoxy) is 1. The zero-order valence-corrected chi connectivity index (χ0v) is 20.5. The standard InChI is InChI=1S/C24H27N5O5S/c1-23(14-34-15-23)35(32,33)24(8-9-24)13-29-10-7-18-19(27-28(2)20(18)22(29)31)21(30)26-12-17-5-3-16(11-25)4-6-17/h3-6H,7-10,12-15H2,1-2H3,(H,26,30). The Labute approximate surface area is 203 Å². The van der Waals surface area contributed by atoms with Crippen LogP contribution in [0.4, 0.5) is 0 Å². The summed E-state index contributed by atoms with van der Waals surface area (Å²) >= 11 is 0. The molecule has 0 bridgehead atoms. The number of hydrogen-bond acceptors (Lipinski definition) is 7. The van der Waals surface area contributed by atoms with Crippen molar-refractivity contribution in [2.75, 3.05) is 26.3 Å². The van der Waals surface area contributed by atoms with E-state index in [1.165, 1.54) is 4.68 Å². The number of fused-ring (bicyclic) bond motifs is 1. The fourth-order valence-electron chi connectivity index (χ4n) is 4.93. The van der Waals surface area contributed by atoms with Gasteiger partial charge >= 0.3 is 0 Å². The summed E-state index contributed by atoms with van der Waals surface area (Å²) in [6, 6.07) is 8.96. The van der Waals surface area contributed by atoms with Crippen LogP contribution in [-0.4, -0.2) is 70.7 Å². The average Bonchev–Trinajstić information content (AvgIpc) is 3.54. The van der Waals surface area contributed by atoms with Crippen molar-refractivity contribution in [1.82, 2.24) is 20.0 Å². The predicted octanol–water partition coefficient (Wildman–Crippen LogP) is 0.956. The number of nitrogens with zero attached hydrogens (tertiary/aromatic N) is 4. The van der Waals surface area contributed by atoms with Crippen molar-refractivity contribution in [2.24, 2.45) is 7.05 Å². The summed E-state index contributed by atoms with van der Waals surface area (Å²) in [7, 11) is -1.85. The van der Waals surface area contributed by atoms with Gasteiger partial charge in [-0.1, -0.05) is 12.1 Å². The maximum absolute atomic E-state index is 13.4. The summed E-state index contributed by atoms with van der Waals surface area (Å²) in [5, 5.41) is 16.1. The minimum Gasteiger partial charge on any atom is -0.378 e. The molecule has 184 valence electrons. The number of nitrogens with one attached hydrogen (secondary N) is 1. The van der Waals surface area contributed by atoms with E-state index in [9.17, 15) is 18.0 Å². The molecule has 35 heavy (non-hydrogen) atoms. The van der Waals surface area contributed by atoms with E-state index in [2.05, 4.69) is 16.5 Å². The topological polar surface area (TPSA) is 134 Å². The molecule has 11 heteroatoms. The van der Waals surface area contributed by atoms with Crippen LogP contribution < -0.4 is 5.32 Å². The number of carbonyl (C=O) groups excluding carboxylic acids is 2. The molecule has 0 unspecified atom stereocenters. The van der Waals surface area contributed by atoms with Gasteiger partial charge in [0.05, 0.1) is 29.6 Å². The molecule has 0 radical (unpaired) electrons. The lowest BCUT2D eigenvalue weighted by molar-refractivity contribution is -0.00568. The minimum atomic E-state index is -3.47. The second kappa shape index (κ2) is 8.17. The van der Waals surface area contributed by atoms with Crippen molar-refractivity contribution in [2.45, 2.75) is 42.2 Å². The van der Waals surface area contributed by atoms with E-state index in [4.69, 9.17) is 10.00 Å². The van der Waals surface area contributed by atoms with Gasteiger partial charge in [0, 0.05) is 32.2 Å². The minimum absolute atomic E-state index is 0.147. The predicted molar refractivity (Wildman–Crippen MR) is 125 cm³/mol. The highest BCUT2D eigenvalue weighted by Gasteiger charge is 2.64. The highest BCUT2D eigenvalue weighted by atomic mass is 32.2. The van der Waals surface area contributed by atoms with Crippen molar-refractivity contribution in [3.05, 3.63) is 52.3 Å². The number of carbonyl (C=O) groups is 2. The van der Waals surface area contributed by atoms with Crippen molar-refractivity contribution in [3.63, 3.8) is 0 Å². The van der Waals surface area contributed by atoms with Crippen LogP contribution in [0.1, 0.15) is 57.4 Å². The lowest BCUT2D eigenvalue weighted by Crippen LogP contribution is -2.59. The van der Waals surface area contributed by atoms with E-state index < -0.39 is 19.3 Å². The van der Waals surface area contributed by atoms with E-state index in [1.807, 2.05) is 0 Å². The number of rotatable bonds is 7. The first-order chi connectivity index (χ1) is 16.6. The van der Waals surface area contributed by atoms with Crippen LogP contribution in [0.5, 0.6) is 0 Å². The molecular weight excluding hydrogens is 470 g/mol. The summed E-state index contributed by atoms with van der Waals surface area (Å²) in [5.74, 6) is -0.685. The molecule has 3 heterocycles. The lowest BCUT2D eigenvalue weighted by Gasteiger charge is -2.41. The van der Waals surface area contributed by atoms with Crippen LogP contribution in [0, 0.1) is 11.3 Å². The van der Waals surface area contributed by atoms with Crippen LogP contribution in [0.25, 0.3) is 0 Å². The summed E-state index contributed by atoms with van der Waals surface area (Å²) in [6.07, 6.45) is 1.50. The second-order valence-electron chi connectivity index (χ2n) is 9.90. The monoisotopic (exact) mass is 497 g/mol. The van der Waals surface area contributed by atoms with Crippen molar-refractivity contribution in [1.29, 1.82) is 5.26 Å². The Morgan fingerprint density at radius 1 is 1.26 bits per heavy atom. The average molecular weight is 498 g/mol. The summed E-state index contributed by atoms with van der Waals surface area (Å²) in [6.45, 7) is 2.84. The van der Waals surface area contributed by atoms with Gasteiger partial charge in [-0.25, -0.2) is 8.42 Å². The quantitative estimate of drug-likeness (QED) is 0.602. The SMILES string of the molecule is Cn1nc(C(=O)NCc2ccc(C#N)cc2)c2c1C(=O)N(CC1(S(=O)(=O)C3(C)COC3)CC1)CC2. The first kappa shape index (κ1) is 23.5. The number of amides is 2. The zero-order chi connectivity index (χ0) is 25.0. The fraction of sp³-hybridized carbons (Fsp3) is 0.500. The van der Waals surface area contributed by atoms with Gasteiger partial charge in [-0.3, -0.25) is 14.3 Å². The molecule has 1 N–H and O–H groups in total. The highest BCUT2D eigenvalue weighted by Crippen LogP contribution is 2.50. The molecule has 2 aliphatic heterocycles. The van der Waals surface area contributed by atoms with E-state index >= 15 is 0 Å².